The maximum atomic E-state index is 11.8. The molecule has 0 saturated carbocycles. The number of hydrogen-bond donors (Lipinski definition) is 0. The summed E-state index contributed by atoms with van der Waals surface area (Å²) in [5.74, 6) is 0. The Kier molecular flexibility index (Phi) is 4.09. The Balaban J connectivity index is 3.33. The number of thiocarbonyl (C=S) groups is 1. The smallest absolute Gasteiger partial charge is 0.240 e. The molecule has 1 unspecified atom stereocenters. The van der Waals surface area contributed by atoms with E-state index in [-0.39, 0.29) is 5.05 Å². The van der Waals surface area contributed by atoms with Crippen molar-refractivity contribution in [3.63, 3.8) is 0 Å². The van der Waals surface area contributed by atoms with Crippen LogP contribution in [-0.4, -0.2) is 17.3 Å². The fourth-order valence-corrected chi connectivity index (χ4v) is 0.386. The van der Waals surface area contributed by atoms with Gasteiger partial charge in [-0.2, -0.15) is 0 Å². The van der Waals surface area contributed by atoms with Gasteiger partial charge in [0.25, 0.3) is 0 Å². The Morgan fingerprint density at radius 3 is 2.62 bits per heavy atom. The van der Waals surface area contributed by atoms with E-state index < -0.39 is 5.63 Å². The van der Waals surface area contributed by atoms with Crippen molar-refractivity contribution >= 4 is 28.9 Å². The number of halogens is 2. The van der Waals surface area contributed by atoms with E-state index in [0.717, 1.165) is 0 Å². The van der Waals surface area contributed by atoms with Crippen molar-refractivity contribution in [1.29, 1.82) is 0 Å². The minimum Gasteiger partial charge on any atom is -0.484 e. The molecule has 0 aromatic carbocycles. The summed E-state index contributed by atoms with van der Waals surface area (Å²) >= 11 is 9.22. The molecule has 0 amide bonds. The normalized spacial score (nSPS) is 12.9. The van der Waals surface area contributed by atoms with Crippen LogP contribution in [0.2, 0.25) is 0 Å². The molecule has 0 heterocycles. The van der Waals surface area contributed by atoms with Crippen LogP contribution in [0.1, 0.15) is 6.92 Å². The second kappa shape index (κ2) is 4.04. The second-order valence-electron chi connectivity index (χ2n) is 1.05. The van der Waals surface area contributed by atoms with Crippen LogP contribution in [-0.2, 0) is 4.74 Å². The molecule has 0 aromatic heterocycles. The Bertz CT molecular complexity index is 86.1. The maximum absolute atomic E-state index is 11.8. The largest absolute Gasteiger partial charge is 0.484 e. The summed E-state index contributed by atoms with van der Waals surface area (Å²) in [4.78, 5) is 0. The van der Waals surface area contributed by atoms with E-state index in [0.29, 0.717) is 6.61 Å². The van der Waals surface area contributed by atoms with Gasteiger partial charge in [0, 0.05) is 0 Å². The molecule has 0 aliphatic carbocycles. The summed E-state index contributed by atoms with van der Waals surface area (Å²) in [6.45, 7) is 2.08. The third kappa shape index (κ3) is 3.16. The SMILES string of the molecule is CCOC(=S)C(F)Cl. The zero-order valence-electron chi connectivity index (χ0n) is 4.36. The Morgan fingerprint density at radius 2 is 2.50 bits per heavy atom. The predicted octanol–water partition coefficient (Wildman–Crippen LogP) is 1.88. The molecule has 1 nitrogen and oxygen atoms in total. The number of ether oxygens (including phenoxy) is 1. The van der Waals surface area contributed by atoms with Gasteiger partial charge < -0.3 is 4.74 Å². The first kappa shape index (κ1) is 8.11. The summed E-state index contributed by atoms with van der Waals surface area (Å²) in [6, 6.07) is 0. The van der Waals surface area contributed by atoms with Gasteiger partial charge in [-0.1, -0.05) is 11.6 Å². The van der Waals surface area contributed by atoms with Crippen molar-refractivity contribution in [1.82, 2.24) is 0 Å². The number of rotatable bonds is 2. The summed E-state index contributed by atoms with van der Waals surface area (Å²) < 4.78 is 16.3. The highest BCUT2D eigenvalue weighted by atomic mass is 35.5. The highest BCUT2D eigenvalue weighted by Gasteiger charge is 2.07. The molecule has 0 rings (SSSR count). The quantitative estimate of drug-likeness (QED) is 0.446. The summed E-state index contributed by atoms with van der Waals surface area (Å²) in [5, 5.41) is -0.186. The first-order valence-electron chi connectivity index (χ1n) is 2.13. The lowest BCUT2D eigenvalue weighted by atomic mass is 10.8. The highest BCUT2D eigenvalue weighted by molar-refractivity contribution is 7.80. The van der Waals surface area contributed by atoms with Crippen molar-refractivity contribution in [3.05, 3.63) is 0 Å². The van der Waals surface area contributed by atoms with Crippen molar-refractivity contribution in [2.24, 2.45) is 0 Å². The fraction of sp³-hybridized carbons (Fsp3) is 0.750. The first-order chi connectivity index (χ1) is 3.68. The Labute approximate surface area is 57.8 Å². The van der Waals surface area contributed by atoms with E-state index in [9.17, 15) is 4.39 Å². The van der Waals surface area contributed by atoms with Gasteiger partial charge in [-0.15, -0.1) is 0 Å². The van der Waals surface area contributed by atoms with Crippen LogP contribution in [0.4, 0.5) is 4.39 Å². The molecule has 0 aliphatic rings. The lowest BCUT2D eigenvalue weighted by Gasteiger charge is -2.01. The second-order valence-corrected chi connectivity index (χ2v) is 1.84. The lowest BCUT2D eigenvalue weighted by Crippen LogP contribution is -2.09. The van der Waals surface area contributed by atoms with Gasteiger partial charge in [-0.3, -0.25) is 0 Å². The van der Waals surface area contributed by atoms with E-state index in [2.05, 4.69) is 17.0 Å². The van der Waals surface area contributed by atoms with Crippen LogP contribution in [0.5, 0.6) is 0 Å². The first-order valence-corrected chi connectivity index (χ1v) is 2.97. The lowest BCUT2D eigenvalue weighted by molar-refractivity contribution is 0.307. The molecule has 0 aliphatic heterocycles. The van der Waals surface area contributed by atoms with E-state index in [1.165, 1.54) is 0 Å². The summed E-state index contributed by atoms with van der Waals surface area (Å²) in [5.41, 5.74) is -1.65. The van der Waals surface area contributed by atoms with Crippen LogP contribution in [0.25, 0.3) is 0 Å². The van der Waals surface area contributed by atoms with Crippen LogP contribution < -0.4 is 0 Å². The predicted molar refractivity (Wildman–Crippen MR) is 35.0 cm³/mol. The molecule has 0 radical (unpaired) electrons. The molecular formula is C4H6ClFOS. The minimum absolute atomic E-state index is 0.186. The van der Waals surface area contributed by atoms with Gasteiger partial charge in [-0.25, -0.2) is 4.39 Å². The molecule has 0 bridgehead atoms. The molecule has 0 aromatic rings. The number of alkyl halides is 2. The van der Waals surface area contributed by atoms with Gasteiger partial charge in [-0.05, 0) is 19.1 Å². The number of hydrogen-bond acceptors (Lipinski definition) is 2. The third-order valence-corrected chi connectivity index (χ3v) is 1.12. The van der Waals surface area contributed by atoms with Gasteiger partial charge in [0.2, 0.25) is 10.7 Å². The van der Waals surface area contributed by atoms with Gasteiger partial charge in [0.1, 0.15) is 0 Å². The van der Waals surface area contributed by atoms with Crippen molar-refractivity contribution in [3.8, 4) is 0 Å². The molecule has 0 fully saturated rings. The zero-order valence-corrected chi connectivity index (χ0v) is 5.93. The van der Waals surface area contributed by atoms with E-state index >= 15 is 0 Å². The Hall–Kier alpha value is 0.110. The van der Waals surface area contributed by atoms with Crippen molar-refractivity contribution in [2.45, 2.75) is 12.6 Å². The molecule has 1 atom stereocenters. The molecule has 0 spiro atoms. The van der Waals surface area contributed by atoms with Crippen molar-refractivity contribution < 1.29 is 9.13 Å². The molecule has 4 heteroatoms. The molecular weight excluding hydrogens is 151 g/mol. The molecule has 48 valence electrons. The monoisotopic (exact) mass is 156 g/mol. The summed E-state index contributed by atoms with van der Waals surface area (Å²) in [7, 11) is 0. The van der Waals surface area contributed by atoms with Gasteiger partial charge >= 0.3 is 0 Å². The Morgan fingerprint density at radius 1 is 2.00 bits per heavy atom. The molecule has 8 heavy (non-hydrogen) atoms. The average Bonchev–Trinajstić information content (AvgIpc) is 1.67. The van der Waals surface area contributed by atoms with Crippen molar-refractivity contribution in [2.75, 3.05) is 6.61 Å². The maximum Gasteiger partial charge on any atom is 0.240 e. The minimum atomic E-state index is -1.65. The zero-order chi connectivity index (χ0) is 6.57. The van der Waals surface area contributed by atoms with Crippen LogP contribution in [0, 0.1) is 0 Å². The summed E-state index contributed by atoms with van der Waals surface area (Å²) in [6.07, 6.45) is 0. The standard InChI is InChI=1S/C4H6ClFOS/c1-2-7-4(8)3(5)6/h3H,2H2,1H3. The van der Waals surface area contributed by atoms with E-state index in [1.807, 2.05) is 0 Å². The van der Waals surface area contributed by atoms with Crippen LogP contribution in [0.3, 0.4) is 0 Å². The fourth-order valence-electron chi connectivity index (χ4n) is 0.205. The van der Waals surface area contributed by atoms with Crippen LogP contribution in [0.15, 0.2) is 0 Å². The average molecular weight is 157 g/mol. The van der Waals surface area contributed by atoms with Gasteiger partial charge in [0.15, 0.2) is 0 Å². The highest BCUT2D eigenvalue weighted by Crippen LogP contribution is 2.01. The van der Waals surface area contributed by atoms with E-state index in [4.69, 9.17) is 11.6 Å². The van der Waals surface area contributed by atoms with Gasteiger partial charge in [0.05, 0.1) is 6.61 Å². The van der Waals surface area contributed by atoms with Crippen LogP contribution >= 0.6 is 23.8 Å². The third-order valence-electron chi connectivity index (χ3n) is 0.465. The molecule has 0 N–H and O–H groups in total. The van der Waals surface area contributed by atoms with E-state index in [1.54, 1.807) is 6.92 Å². The molecule has 0 saturated heterocycles. The topological polar surface area (TPSA) is 9.23 Å².